The van der Waals surface area contributed by atoms with Crippen molar-refractivity contribution in [2.75, 3.05) is 62.8 Å². The van der Waals surface area contributed by atoms with Crippen molar-refractivity contribution in [2.24, 2.45) is 0 Å². The highest BCUT2D eigenvalue weighted by Crippen LogP contribution is 2.30. The number of aliphatic hydroxyl groups is 2. The molecule has 0 saturated carbocycles. The quantitative estimate of drug-likeness (QED) is 0.320. The second-order valence-corrected chi connectivity index (χ2v) is 11.9. The van der Waals surface area contributed by atoms with E-state index in [1.807, 2.05) is 12.1 Å². The van der Waals surface area contributed by atoms with Crippen molar-refractivity contribution in [1.82, 2.24) is 19.8 Å². The molecule has 3 aliphatic rings. The molecule has 12 nitrogen and oxygen atoms in total. The van der Waals surface area contributed by atoms with Crippen molar-refractivity contribution in [3.05, 3.63) is 60.3 Å². The summed E-state index contributed by atoms with van der Waals surface area (Å²) in [4.78, 5) is 27.0. The lowest BCUT2D eigenvalue weighted by Crippen LogP contribution is -2.62. The van der Waals surface area contributed by atoms with Gasteiger partial charge in [-0.05, 0) is 55.5 Å². The molecule has 46 heavy (non-hydrogen) atoms. The molecule has 3 N–H and O–H groups in total. The SMILES string of the molecule is C[C@H](O)C(=O)N1CC[C@H](Oc2ccc(-c3nccc(Nc4ccc(N5CCN(C6COC6)[C@@H](CO)C5)cc4)n3)cc2C#N)[C@H](F)C1. The van der Waals surface area contributed by atoms with Gasteiger partial charge in [0.25, 0.3) is 5.91 Å². The van der Waals surface area contributed by atoms with Crippen LogP contribution in [0.1, 0.15) is 18.9 Å². The van der Waals surface area contributed by atoms with E-state index >= 15 is 0 Å². The van der Waals surface area contributed by atoms with Gasteiger partial charge in [0, 0.05) is 55.7 Å². The Balaban J connectivity index is 1.08. The first kappa shape index (κ1) is 31.6. The number of anilines is 3. The number of nitrogens with zero attached hydrogens (tertiary/aromatic N) is 6. The molecule has 2 aromatic carbocycles. The lowest BCUT2D eigenvalue weighted by Gasteiger charge is -2.47. The molecule has 6 rings (SSSR count). The van der Waals surface area contributed by atoms with Gasteiger partial charge in [0.05, 0.1) is 44.0 Å². The van der Waals surface area contributed by atoms with Crippen LogP contribution in [0.2, 0.25) is 0 Å². The van der Waals surface area contributed by atoms with E-state index in [0.29, 0.717) is 23.2 Å². The molecule has 242 valence electrons. The largest absolute Gasteiger partial charge is 0.486 e. The molecule has 0 bridgehead atoms. The number of aromatic nitrogens is 2. The highest BCUT2D eigenvalue weighted by atomic mass is 19.1. The molecule has 0 aliphatic carbocycles. The number of aliphatic hydroxyl groups excluding tert-OH is 2. The number of piperazine rings is 1. The molecule has 4 atom stereocenters. The zero-order valence-electron chi connectivity index (χ0n) is 25.6. The number of carbonyl (C=O) groups excluding carboxylic acids is 1. The predicted molar refractivity (Wildman–Crippen MR) is 168 cm³/mol. The summed E-state index contributed by atoms with van der Waals surface area (Å²) in [7, 11) is 0. The van der Waals surface area contributed by atoms with Gasteiger partial charge in [0.15, 0.2) is 12.0 Å². The smallest absolute Gasteiger partial charge is 0.251 e. The topological polar surface area (TPSA) is 147 Å². The molecular formula is C33H38FN7O5. The Morgan fingerprint density at radius 2 is 1.98 bits per heavy atom. The van der Waals surface area contributed by atoms with Crippen molar-refractivity contribution in [2.45, 2.75) is 43.8 Å². The molecule has 3 aromatic rings. The van der Waals surface area contributed by atoms with Crippen LogP contribution in [0.4, 0.5) is 21.6 Å². The van der Waals surface area contributed by atoms with Gasteiger partial charge in [-0.1, -0.05) is 0 Å². The molecule has 0 unspecified atom stereocenters. The van der Waals surface area contributed by atoms with E-state index in [2.05, 4.69) is 43.3 Å². The molecule has 1 aromatic heterocycles. The first-order chi connectivity index (χ1) is 22.3. The maximum absolute atomic E-state index is 14.9. The Hall–Kier alpha value is -4.35. The second-order valence-electron chi connectivity index (χ2n) is 11.9. The van der Waals surface area contributed by atoms with Crippen molar-refractivity contribution in [1.29, 1.82) is 5.26 Å². The average Bonchev–Trinajstić information content (AvgIpc) is 3.05. The number of alkyl halides is 1. The van der Waals surface area contributed by atoms with Gasteiger partial charge in [-0.15, -0.1) is 0 Å². The summed E-state index contributed by atoms with van der Waals surface area (Å²) in [5.74, 6) is 0.709. The lowest BCUT2D eigenvalue weighted by molar-refractivity contribution is -0.143. The van der Waals surface area contributed by atoms with E-state index in [4.69, 9.17) is 9.47 Å². The van der Waals surface area contributed by atoms with Gasteiger partial charge in [0.1, 0.15) is 29.8 Å². The molecule has 3 fully saturated rings. The molecule has 1 amide bonds. The fourth-order valence-corrected chi connectivity index (χ4v) is 6.14. The number of amides is 1. The molecular weight excluding hydrogens is 593 g/mol. The van der Waals surface area contributed by atoms with Crippen LogP contribution < -0.4 is 15.0 Å². The summed E-state index contributed by atoms with van der Waals surface area (Å²) >= 11 is 0. The Labute approximate surface area is 267 Å². The molecule has 3 aliphatic heterocycles. The maximum atomic E-state index is 14.9. The van der Waals surface area contributed by atoms with Gasteiger partial charge < -0.3 is 34.8 Å². The summed E-state index contributed by atoms with van der Waals surface area (Å²) in [5.41, 5.74) is 2.75. The standard InChI is InChI=1S/C33H38FN7O5/c1-21(43)33(44)40-11-9-30(28(34)17-40)46-29-7-2-22(14-23(29)15-35)32-36-10-8-31(38-32)37-24-3-5-25(6-4-24)39-12-13-41(26(16-39)18-42)27-19-45-20-27/h2-8,10,14,21,26-28,30,42-43H,9,11-13,16-20H2,1H3,(H,36,37,38)/t21-,26+,28+,30-/m0/s1. The summed E-state index contributed by atoms with van der Waals surface area (Å²) in [6, 6.07) is 17.4. The van der Waals surface area contributed by atoms with E-state index in [1.165, 1.54) is 11.8 Å². The molecule has 0 spiro atoms. The highest BCUT2D eigenvalue weighted by molar-refractivity contribution is 5.80. The number of likely N-dealkylation sites (tertiary alicyclic amines) is 1. The van der Waals surface area contributed by atoms with Gasteiger partial charge in [-0.3, -0.25) is 9.69 Å². The van der Waals surface area contributed by atoms with Crippen LogP contribution in [0.3, 0.4) is 0 Å². The van der Waals surface area contributed by atoms with Crippen LogP contribution in [0.5, 0.6) is 5.75 Å². The highest BCUT2D eigenvalue weighted by Gasteiger charge is 2.36. The third kappa shape index (κ3) is 6.90. The van der Waals surface area contributed by atoms with E-state index in [-0.39, 0.29) is 43.5 Å². The van der Waals surface area contributed by atoms with Crippen LogP contribution in [-0.2, 0) is 9.53 Å². The number of hydrogen-bond acceptors (Lipinski definition) is 11. The number of hydrogen-bond donors (Lipinski definition) is 3. The third-order valence-electron chi connectivity index (χ3n) is 8.78. The van der Waals surface area contributed by atoms with E-state index in [0.717, 1.165) is 44.2 Å². The molecule has 0 radical (unpaired) electrons. The van der Waals surface area contributed by atoms with Crippen LogP contribution in [0.15, 0.2) is 54.7 Å². The summed E-state index contributed by atoms with van der Waals surface area (Å²) < 4.78 is 26.1. The first-order valence-electron chi connectivity index (χ1n) is 15.5. The average molecular weight is 632 g/mol. The number of piperidine rings is 1. The fourth-order valence-electron chi connectivity index (χ4n) is 6.14. The monoisotopic (exact) mass is 631 g/mol. The molecule has 3 saturated heterocycles. The summed E-state index contributed by atoms with van der Waals surface area (Å²) in [6.07, 6.45) is -1.61. The maximum Gasteiger partial charge on any atom is 0.251 e. The van der Waals surface area contributed by atoms with Crippen molar-refractivity contribution in [3.8, 4) is 23.2 Å². The normalized spacial score (nSPS) is 22.9. The number of benzene rings is 2. The fraction of sp³-hybridized carbons (Fsp3) is 0.455. The minimum absolute atomic E-state index is 0.0780. The number of carbonyl (C=O) groups is 1. The van der Waals surface area contributed by atoms with Crippen molar-refractivity contribution in [3.63, 3.8) is 0 Å². The number of halogens is 1. The number of ether oxygens (including phenoxy) is 2. The Morgan fingerprint density at radius 1 is 1.17 bits per heavy atom. The van der Waals surface area contributed by atoms with Crippen LogP contribution in [-0.4, -0.2) is 119 Å². The Bertz CT molecular complexity index is 1560. The van der Waals surface area contributed by atoms with Crippen molar-refractivity contribution >= 4 is 23.1 Å². The minimum atomic E-state index is -1.46. The zero-order chi connectivity index (χ0) is 32.2. The summed E-state index contributed by atoms with van der Waals surface area (Å²) in [5, 5.41) is 32.6. The molecule has 4 heterocycles. The van der Waals surface area contributed by atoms with Crippen LogP contribution >= 0.6 is 0 Å². The number of rotatable bonds is 9. The van der Waals surface area contributed by atoms with Gasteiger partial charge in [-0.2, -0.15) is 5.26 Å². The van der Waals surface area contributed by atoms with Gasteiger partial charge >= 0.3 is 0 Å². The predicted octanol–water partition coefficient (Wildman–Crippen LogP) is 2.34. The third-order valence-corrected chi connectivity index (χ3v) is 8.78. The first-order valence-corrected chi connectivity index (χ1v) is 15.5. The zero-order valence-corrected chi connectivity index (χ0v) is 25.6. The number of nitriles is 1. The van der Waals surface area contributed by atoms with Crippen LogP contribution in [0.25, 0.3) is 11.4 Å². The minimum Gasteiger partial charge on any atom is -0.486 e. The van der Waals surface area contributed by atoms with E-state index in [1.54, 1.807) is 30.5 Å². The van der Waals surface area contributed by atoms with Gasteiger partial charge in [-0.25, -0.2) is 14.4 Å². The Morgan fingerprint density at radius 3 is 2.65 bits per heavy atom. The van der Waals surface area contributed by atoms with Gasteiger partial charge in [0.2, 0.25) is 0 Å². The van der Waals surface area contributed by atoms with E-state index in [9.17, 15) is 24.7 Å². The van der Waals surface area contributed by atoms with E-state index < -0.39 is 24.3 Å². The van der Waals surface area contributed by atoms with Crippen molar-refractivity contribution < 1.29 is 28.9 Å². The lowest BCUT2D eigenvalue weighted by atomic mass is 10.0. The Kier molecular flexibility index (Phi) is 9.60. The molecule has 13 heteroatoms. The van der Waals surface area contributed by atoms with Crippen LogP contribution in [0, 0.1) is 11.3 Å². The summed E-state index contributed by atoms with van der Waals surface area (Å²) in [6.45, 7) is 5.52. The second kappa shape index (κ2) is 14.0. The number of nitrogens with one attached hydrogen (secondary N) is 1.